The largest absolute Gasteiger partial charge is 0.307 e. The monoisotopic (exact) mass is 374 g/mol. The van der Waals surface area contributed by atoms with Crippen LogP contribution in [0.2, 0.25) is 0 Å². The van der Waals surface area contributed by atoms with E-state index >= 15 is 0 Å². The second-order valence-corrected chi connectivity index (χ2v) is 7.07. The van der Waals surface area contributed by atoms with Crippen molar-refractivity contribution in [3.8, 4) is 6.57 Å². The van der Waals surface area contributed by atoms with Crippen molar-refractivity contribution in [2.24, 2.45) is 11.8 Å². The fourth-order valence-corrected chi connectivity index (χ4v) is 4.00. The number of amides is 1. The van der Waals surface area contributed by atoms with Crippen LogP contribution in [0.5, 0.6) is 0 Å². The van der Waals surface area contributed by atoms with Crippen LogP contribution in [0.4, 0.5) is 5.69 Å². The molecule has 1 aliphatic heterocycles. The summed E-state index contributed by atoms with van der Waals surface area (Å²) >= 11 is 3.50. The van der Waals surface area contributed by atoms with E-state index in [0.29, 0.717) is 17.9 Å². The van der Waals surface area contributed by atoms with Gasteiger partial charge in [-0.25, -0.2) is 9.78 Å². The van der Waals surface area contributed by atoms with Gasteiger partial charge < -0.3 is 4.90 Å². The zero-order chi connectivity index (χ0) is 16.6. The predicted octanol–water partition coefficient (Wildman–Crippen LogP) is 3.78. The Kier molecular flexibility index (Phi) is 4.40. The molecule has 23 heavy (non-hydrogen) atoms. The zero-order valence-corrected chi connectivity index (χ0v) is 14.6. The maximum Gasteiger partial charge on any atom is 0.230 e. The lowest BCUT2D eigenvalue weighted by atomic mass is 9.99. The van der Waals surface area contributed by atoms with E-state index in [4.69, 9.17) is 5.26 Å². The van der Waals surface area contributed by atoms with Crippen LogP contribution in [-0.2, 0) is 4.79 Å². The van der Waals surface area contributed by atoms with Crippen molar-refractivity contribution in [1.82, 2.24) is 9.61 Å². The van der Waals surface area contributed by atoms with Gasteiger partial charge in [0.05, 0.1) is 11.2 Å². The Labute approximate surface area is 144 Å². The number of nitrogens with zero attached hydrogens (tertiary/aromatic N) is 4. The molecule has 6 heteroatoms. The summed E-state index contributed by atoms with van der Waals surface area (Å²) in [7, 11) is 0. The fourth-order valence-electron chi connectivity index (χ4n) is 3.59. The Morgan fingerprint density at radius 3 is 2.83 bits per heavy atom. The highest BCUT2D eigenvalue weighted by molar-refractivity contribution is 9.10. The van der Waals surface area contributed by atoms with E-state index < -0.39 is 0 Å². The summed E-state index contributed by atoms with van der Waals surface area (Å²) in [5.41, 5.74) is 1.99. The third-order valence-electron chi connectivity index (χ3n) is 4.82. The fraction of sp³-hybridized carbons (Fsp3) is 0.471. The molecule has 5 nitrogen and oxygen atoms in total. The number of hydrogen-bond acceptors (Lipinski definition) is 3. The van der Waals surface area contributed by atoms with Crippen LogP contribution in [0.1, 0.15) is 32.6 Å². The van der Waals surface area contributed by atoms with Crippen LogP contribution in [-0.4, -0.2) is 21.6 Å². The minimum Gasteiger partial charge on any atom is -0.307 e. The molecule has 2 fully saturated rings. The standard InChI is InChI=1S/C16H18BrN3O.CHN/c1-2-12-8-13(10-3-4-10)16(21)20(12)14-5-6-18-19-9-11(17)7-15(14)19;1-2/h5-7,9-10,12-13H,2-4,8H2,1H3;1H. The molecule has 1 aliphatic carbocycles. The van der Waals surface area contributed by atoms with Crippen LogP contribution in [0, 0.1) is 23.7 Å². The molecule has 2 atom stereocenters. The topological polar surface area (TPSA) is 61.4 Å². The minimum atomic E-state index is 0.238. The molecule has 2 aromatic rings. The quantitative estimate of drug-likeness (QED) is 0.820. The number of anilines is 1. The van der Waals surface area contributed by atoms with Crippen molar-refractivity contribution in [3.63, 3.8) is 0 Å². The molecule has 2 unspecified atom stereocenters. The van der Waals surface area contributed by atoms with Gasteiger partial charge in [0, 0.05) is 35.4 Å². The molecule has 0 N–H and O–H groups in total. The average Bonchev–Trinajstić information content (AvgIpc) is 3.25. The van der Waals surface area contributed by atoms with Crippen molar-refractivity contribution >= 4 is 33.0 Å². The van der Waals surface area contributed by atoms with Gasteiger partial charge in [0.25, 0.3) is 0 Å². The first-order chi connectivity index (χ1) is 11.2. The highest BCUT2D eigenvalue weighted by Gasteiger charge is 2.47. The molecule has 0 spiro atoms. The lowest BCUT2D eigenvalue weighted by molar-refractivity contribution is -0.120. The number of fused-ring (bicyclic) bond motifs is 1. The number of carbonyl (C=O) groups excluding carboxylic acids is 1. The smallest absolute Gasteiger partial charge is 0.230 e. The molecule has 0 aromatic carbocycles. The first-order valence-corrected chi connectivity index (χ1v) is 8.70. The Hall–Kier alpha value is -1.87. The Balaban J connectivity index is 0.000000753. The van der Waals surface area contributed by atoms with Crippen LogP contribution in [0.3, 0.4) is 0 Å². The molecule has 0 radical (unpaired) electrons. The third kappa shape index (κ3) is 2.74. The van der Waals surface area contributed by atoms with E-state index in [1.807, 2.05) is 27.7 Å². The van der Waals surface area contributed by atoms with Crippen LogP contribution >= 0.6 is 15.9 Å². The van der Waals surface area contributed by atoms with Gasteiger partial charge in [0.1, 0.15) is 0 Å². The van der Waals surface area contributed by atoms with Gasteiger partial charge in [-0.1, -0.05) is 6.92 Å². The second kappa shape index (κ2) is 6.32. The van der Waals surface area contributed by atoms with Gasteiger partial charge in [-0.05, 0) is 59.7 Å². The summed E-state index contributed by atoms with van der Waals surface area (Å²) in [6.07, 6.45) is 8.17. The van der Waals surface area contributed by atoms with Crippen molar-refractivity contribution in [3.05, 3.63) is 29.0 Å². The summed E-state index contributed by atoms with van der Waals surface area (Å²) in [4.78, 5) is 14.9. The van der Waals surface area contributed by atoms with Crippen LogP contribution in [0.25, 0.3) is 5.52 Å². The number of hydrogen-bond donors (Lipinski definition) is 0. The Morgan fingerprint density at radius 1 is 1.43 bits per heavy atom. The van der Waals surface area contributed by atoms with Gasteiger partial charge in [-0.3, -0.25) is 4.79 Å². The Bertz CT molecular complexity index is 749. The van der Waals surface area contributed by atoms with Crippen molar-refractivity contribution in [2.45, 2.75) is 38.6 Å². The summed E-state index contributed by atoms with van der Waals surface area (Å²) in [6.45, 7) is 5.67. The molecule has 1 amide bonds. The molecule has 2 aromatic heterocycles. The molecule has 4 rings (SSSR count). The van der Waals surface area contributed by atoms with E-state index in [1.165, 1.54) is 12.8 Å². The molecule has 120 valence electrons. The number of halogens is 1. The highest BCUT2D eigenvalue weighted by atomic mass is 79.9. The summed E-state index contributed by atoms with van der Waals surface area (Å²) in [6, 6.07) is 4.33. The van der Waals surface area contributed by atoms with Crippen molar-refractivity contribution in [2.75, 3.05) is 4.90 Å². The van der Waals surface area contributed by atoms with E-state index in [-0.39, 0.29) is 5.92 Å². The number of rotatable bonds is 3. The average molecular weight is 375 g/mol. The van der Waals surface area contributed by atoms with Gasteiger partial charge >= 0.3 is 0 Å². The molecule has 0 bridgehead atoms. The highest BCUT2D eigenvalue weighted by Crippen LogP contribution is 2.46. The van der Waals surface area contributed by atoms with E-state index in [0.717, 1.165) is 28.5 Å². The van der Waals surface area contributed by atoms with E-state index in [2.05, 4.69) is 34.5 Å². The first-order valence-electron chi connectivity index (χ1n) is 7.91. The minimum absolute atomic E-state index is 0.238. The summed E-state index contributed by atoms with van der Waals surface area (Å²) in [5, 5.41) is 10.8. The zero-order valence-electron chi connectivity index (χ0n) is 13.0. The number of nitriles is 1. The third-order valence-corrected chi connectivity index (χ3v) is 5.25. The first kappa shape index (κ1) is 16.0. The van der Waals surface area contributed by atoms with Gasteiger partial charge in [-0.2, -0.15) is 5.10 Å². The molecular weight excluding hydrogens is 356 g/mol. The molecule has 2 aliphatic rings. The Morgan fingerprint density at radius 2 is 2.17 bits per heavy atom. The predicted molar refractivity (Wildman–Crippen MR) is 92.0 cm³/mol. The SMILES string of the molecule is C#N.CCC1CC(C2CC2)C(=O)N1c1ccnn2cc(Br)cc12. The number of carbonyl (C=O) groups is 1. The lowest BCUT2D eigenvalue weighted by Crippen LogP contribution is -2.34. The molecule has 1 saturated carbocycles. The second-order valence-electron chi connectivity index (χ2n) is 6.15. The van der Waals surface area contributed by atoms with Crippen LogP contribution in [0.15, 0.2) is 29.0 Å². The van der Waals surface area contributed by atoms with Gasteiger partial charge in [-0.15, -0.1) is 0 Å². The summed E-state index contributed by atoms with van der Waals surface area (Å²) in [5.74, 6) is 1.18. The van der Waals surface area contributed by atoms with Crippen molar-refractivity contribution < 1.29 is 4.79 Å². The van der Waals surface area contributed by atoms with Crippen molar-refractivity contribution in [1.29, 1.82) is 5.26 Å². The van der Waals surface area contributed by atoms with Gasteiger partial charge in [0.15, 0.2) is 0 Å². The normalized spacial score (nSPS) is 23.8. The van der Waals surface area contributed by atoms with Crippen LogP contribution < -0.4 is 4.90 Å². The van der Waals surface area contributed by atoms with E-state index in [1.54, 1.807) is 6.20 Å². The molecule has 3 heterocycles. The lowest BCUT2D eigenvalue weighted by Gasteiger charge is -2.24. The maximum absolute atomic E-state index is 12.9. The molecular formula is C17H19BrN4O. The maximum atomic E-state index is 12.9. The van der Waals surface area contributed by atoms with E-state index in [9.17, 15) is 4.79 Å². The number of aromatic nitrogens is 2. The van der Waals surface area contributed by atoms with Gasteiger partial charge in [0.2, 0.25) is 5.91 Å². The summed E-state index contributed by atoms with van der Waals surface area (Å²) < 4.78 is 2.82. The molecule has 1 saturated heterocycles.